The van der Waals surface area contributed by atoms with Crippen molar-refractivity contribution in [1.82, 2.24) is 4.98 Å². The lowest BCUT2D eigenvalue weighted by Crippen LogP contribution is -2.03. The molecule has 1 heterocycles. The highest BCUT2D eigenvalue weighted by Gasteiger charge is 2.15. The first-order chi connectivity index (χ1) is 12.5. The first kappa shape index (κ1) is 17.8. The average Bonchev–Trinajstić information content (AvgIpc) is 2.63. The minimum atomic E-state index is -0.841. The Hall–Kier alpha value is -2.97. The van der Waals surface area contributed by atoms with Crippen LogP contribution in [-0.2, 0) is 12.8 Å². The molecule has 26 heavy (non-hydrogen) atoms. The highest BCUT2D eigenvalue weighted by molar-refractivity contribution is 6.30. The van der Waals surface area contributed by atoms with Gasteiger partial charge in [-0.3, -0.25) is 0 Å². The van der Waals surface area contributed by atoms with E-state index in [2.05, 4.69) is 4.98 Å². The van der Waals surface area contributed by atoms with E-state index in [1.807, 2.05) is 36.4 Å². The van der Waals surface area contributed by atoms with Crippen molar-refractivity contribution in [2.75, 3.05) is 0 Å². The van der Waals surface area contributed by atoms with Gasteiger partial charge < -0.3 is 4.74 Å². The smallest absolute Gasteiger partial charge is 0.217 e. The second-order valence-corrected chi connectivity index (χ2v) is 6.02. The van der Waals surface area contributed by atoms with E-state index in [0.717, 1.165) is 11.6 Å². The molecule has 0 aliphatic carbocycles. The number of nitrogens with zero attached hydrogens (tertiary/aromatic N) is 2. The largest absolute Gasteiger partial charge is 0.454 e. The Morgan fingerprint density at radius 1 is 1.04 bits per heavy atom. The fraction of sp³-hybridized carbons (Fsp3) is 0.100. The monoisotopic (exact) mass is 370 g/mol. The SMILES string of the molecule is N#Cc1cc(Cl)cc(Oc2cc(F)nc(CCc3ccccc3)c2F)c1. The van der Waals surface area contributed by atoms with Crippen molar-refractivity contribution in [3.8, 4) is 17.6 Å². The second kappa shape index (κ2) is 7.94. The minimum Gasteiger partial charge on any atom is -0.454 e. The topological polar surface area (TPSA) is 45.9 Å². The van der Waals surface area contributed by atoms with Crippen molar-refractivity contribution in [1.29, 1.82) is 5.26 Å². The third-order valence-corrected chi connectivity index (χ3v) is 3.90. The zero-order valence-corrected chi connectivity index (χ0v) is 14.3. The van der Waals surface area contributed by atoms with Crippen LogP contribution in [0.3, 0.4) is 0 Å². The molecule has 0 saturated carbocycles. The third-order valence-electron chi connectivity index (χ3n) is 3.68. The molecule has 1 aromatic heterocycles. The molecule has 0 aliphatic heterocycles. The Morgan fingerprint density at radius 3 is 2.54 bits per heavy atom. The van der Waals surface area contributed by atoms with Gasteiger partial charge in [-0.15, -0.1) is 0 Å². The van der Waals surface area contributed by atoms with Crippen LogP contribution < -0.4 is 4.74 Å². The molecule has 0 saturated heterocycles. The van der Waals surface area contributed by atoms with Gasteiger partial charge in [0.05, 0.1) is 17.3 Å². The van der Waals surface area contributed by atoms with Gasteiger partial charge in [-0.1, -0.05) is 41.9 Å². The summed E-state index contributed by atoms with van der Waals surface area (Å²) in [5, 5.41) is 9.23. The van der Waals surface area contributed by atoms with E-state index in [-0.39, 0.29) is 34.2 Å². The summed E-state index contributed by atoms with van der Waals surface area (Å²) in [5.41, 5.74) is 1.23. The normalized spacial score (nSPS) is 10.4. The molecule has 0 N–H and O–H groups in total. The van der Waals surface area contributed by atoms with Crippen LogP contribution in [0.1, 0.15) is 16.8 Å². The number of rotatable bonds is 5. The Kier molecular flexibility index (Phi) is 5.45. The number of nitriles is 1. The zero-order valence-electron chi connectivity index (χ0n) is 13.5. The Bertz CT molecular complexity index is 972. The fourth-order valence-electron chi connectivity index (χ4n) is 2.48. The van der Waals surface area contributed by atoms with Crippen LogP contribution in [0.4, 0.5) is 8.78 Å². The van der Waals surface area contributed by atoms with Gasteiger partial charge >= 0.3 is 0 Å². The number of pyridine rings is 1. The first-order valence-electron chi connectivity index (χ1n) is 7.82. The number of aryl methyl sites for hydroxylation is 2. The molecule has 0 amide bonds. The Balaban J connectivity index is 1.85. The molecule has 0 unspecified atom stereocenters. The Labute approximate surface area is 154 Å². The minimum absolute atomic E-state index is 0.0219. The van der Waals surface area contributed by atoms with Crippen LogP contribution in [-0.4, -0.2) is 4.98 Å². The molecule has 3 rings (SSSR count). The van der Waals surface area contributed by atoms with Crippen molar-refractivity contribution >= 4 is 11.6 Å². The number of ether oxygens (including phenoxy) is 1. The summed E-state index contributed by atoms with van der Waals surface area (Å²) >= 11 is 5.90. The predicted octanol–water partition coefficient (Wildman–Crippen LogP) is 5.46. The fourth-order valence-corrected chi connectivity index (χ4v) is 2.71. The van der Waals surface area contributed by atoms with Crippen LogP contribution in [0, 0.1) is 23.1 Å². The highest BCUT2D eigenvalue weighted by atomic mass is 35.5. The van der Waals surface area contributed by atoms with E-state index in [9.17, 15) is 8.78 Å². The van der Waals surface area contributed by atoms with Gasteiger partial charge in [-0.05, 0) is 36.6 Å². The number of benzene rings is 2. The molecule has 6 heteroatoms. The molecule has 0 aliphatic rings. The molecule has 130 valence electrons. The lowest BCUT2D eigenvalue weighted by atomic mass is 10.1. The zero-order chi connectivity index (χ0) is 18.5. The maximum Gasteiger partial charge on any atom is 0.217 e. The number of halogens is 3. The van der Waals surface area contributed by atoms with Crippen molar-refractivity contribution in [3.63, 3.8) is 0 Å². The van der Waals surface area contributed by atoms with Crippen molar-refractivity contribution in [2.24, 2.45) is 0 Å². The molecular formula is C20H13ClF2N2O. The quantitative estimate of drug-likeness (QED) is 0.560. The molecule has 0 atom stereocenters. The molecule has 0 radical (unpaired) electrons. The molecule has 2 aromatic carbocycles. The van der Waals surface area contributed by atoms with Crippen molar-refractivity contribution in [2.45, 2.75) is 12.8 Å². The van der Waals surface area contributed by atoms with E-state index in [0.29, 0.717) is 6.42 Å². The third kappa shape index (κ3) is 4.35. The summed E-state index contributed by atoms with van der Waals surface area (Å²) in [4.78, 5) is 3.64. The second-order valence-electron chi connectivity index (χ2n) is 5.58. The maximum atomic E-state index is 14.7. The predicted molar refractivity (Wildman–Crippen MR) is 94.2 cm³/mol. The summed E-state index contributed by atoms with van der Waals surface area (Å²) in [6.07, 6.45) is 0.742. The molecule has 3 aromatic rings. The maximum absolute atomic E-state index is 14.7. The van der Waals surface area contributed by atoms with E-state index in [1.165, 1.54) is 18.2 Å². The lowest BCUT2D eigenvalue weighted by Gasteiger charge is -2.10. The van der Waals surface area contributed by atoms with Gasteiger partial charge in [0.2, 0.25) is 5.95 Å². The summed E-state index contributed by atoms with van der Waals surface area (Å²) in [6.45, 7) is 0. The molecule has 0 spiro atoms. The average molecular weight is 371 g/mol. The molecule has 0 bridgehead atoms. The summed E-state index contributed by atoms with van der Waals surface area (Å²) in [5.74, 6) is -1.73. The first-order valence-corrected chi connectivity index (χ1v) is 8.20. The van der Waals surface area contributed by atoms with Gasteiger partial charge in [0.1, 0.15) is 5.75 Å². The molecule has 0 fully saturated rings. The summed E-state index contributed by atoms with van der Waals surface area (Å²) in [6, 6.07) is 16.5. The standard InChI is InChI=1S/C20H13ClF2N2O/c21-15-8-14(12-24)9-16(10-15)26-18-11-19(22)25-17(20(18)23)7-6-13-4-2-1-3-5-13/h1-5,8-11H,6-7H2. The lowest BCUT2D eigenvalue weighted by molar-refractivity contribution is 0.423. The van der Waals surface area contributed by atoms with Crippen LogP contribution in [0.5, 0.6) is 11.5 Å². The number of hydrogen-bond acceptors (Lipinski definition) is 3. The highest BCUT2D eigenvalue weighted by Crippen LogP contribution is 2.29. The number of hydrogen-bond donors (Lipinski definition) is 0. The van der Waals surface area contributed by atoms with E-state index in [4.69, 9.17) is 21.6 Å². The Morgan fingerprint density at radius 2 is 1.81 bits per heavy atom. The van der Waals surface area contributed by atoms with Crippen LogP contribution >= 0.6 is 11.6 Å². The van der Waals surface area contributed by atoms with Crippen LogP contribution in [0.15, 0.2) is 54.6 Å². The van der Waals surface area contributed by atoms with Gasteiger partial charge in [-0.2, -0.15) is 9.65 Å². The van der Waals surface area contributed by atoms with Crippen molar-refractivity contribution in [3.05, 3.63) is 88.2 Å². The van der Waals surface area contributed by atoms with Crippen molar-refractivity contribution < 1.29 is 13.5 Å². The van der Waals surface area contributed by atoms with Crippen LogP contribution in [0.25, 0.3) is 0 Å². The van der Waals surface area contributed by atoms with Gasteiger partial charge in [0.15, 0.2) is 11.6 Å². The van der Waals surface area contributed by atoms with E-state index in [1.54, 1.807) is 0 Å². The van der Waals surface area contributed by atoms with Gasteiger partial charge in [0, 0.05) is 11.1 Å². The van der Waals surface area contributed by atoms with E-state index < -0.39 is 11.8 Å². The molecule has 3 nitrogen and oxygen atoms in total. The summed E-state index contributed by atoms with van der Waals surface area (Å²) < 4.78 is 33.9. The van der Waals surface area contributed by atoms with Gasteiger partial charge in [0.25, 0.3) is 0 Å². The summed E-state index contributed by atoms with van der Waals surface area (Å²) in [7, 11) is 0. The van der Waals surface area contributed by atoms with Crippen LogP contribution in [0.2, 0.25) is 5.02 Å². The van der Waals surface area contributed by atoms with E-state index >= 15 is 0 Å². The number of aromatic nitrogens is 1. The van der Waals surface area contributed by atoms with Gasteiger partial charge in [-0.25, -0.2) is 9.37 Å². The molecular weight excluding hydrogens is 358 g/mol.